The van der Waals surface area contributed by atoms with E-state index in [1.54, 1.807) is 0 Å². The summed E-state index contributed by atoms with van der Waals surface area (Å²) in [6, 6.07) is 0. The van der Waals surface area contributed by atoms with Crippen LogP contribution in [0.15, 0.2) is 0 Å². The molecule has 0 saturated carbocycles. The highest BCUT2D eigenvalue weighted by atomic mass is 16.4. The van der Waals surface area contributed by atoms with Crippen molar-refractivity contribution in [3.63, 3.8) is 0 Å². The molecule has 0 aliphatic rings. The van der Waals surface area contributed by atoms with Crippen LogP contribution in [0.4, 0.5) is 0 Å². The van der Waals surface area contributed by atoms with Gasteiger partial charge in [-0.2, -0.15) is 0 Å². The quantitative estimate of drug-likeness (QED) is 0.165. The monoisotopic (exact) mass is 425 g/mol. The number of hydrogen-bond acceptors (Lipinski definition) is 2. The largest absolute Gasteiger partial charge is 0.481 e. The fourth-order valence-electron chi connectivity index (χ4n) is 4.30. The third-order valence-electron chi connectivity index (χ3n) is 6.42. The van der Waals surface area contributed by atoms with Crippen LogP contribution in [0.2, 0.25) is 0 Å². The molecule has 0 aromatic carbocycles. The van der Waals surface area contributed by atoms with Crippen LogP contribution in [-0.4, -0.2) is 17.0 Å². The molecule has 0 aliphatic carbocycles. The average molecular weight is 426 g/mol. The van der Waals surface area contributed by atoms with E-state index in [-0.39, 0.29) is 17.7 Å². The summed E-state index contributed by atoms with van der Waals surface area (Å²) in [6.07, 6.45) is 22.3. The molecule has 0 spiro atoms. The van der Waals surface area contributed by atoms with Crippen LogP contribution in [0, 0.1) is 11.8 Å². The van der Waals surface area contributed by atoms with Crippen LogP contribution in [0.5, 0.6) is 0 Å². The molecule has 0 saturated heterocycles. The lowest BCUT2D eigenvalue weighted by atomic mass is 9.92. The lowest BCUT2D eigenvalue weighted by molar-refractivity contribution is -0.142. The molecule has 0 aromatic rings. The lowest BCUT2D eigenvalue weighted by Crippen LogP contribution is -2.23. The number of carboxylic acid groups (broad SMARTS) is 1. The molecule has 0 aromatic heterocycles. The summed E-state index contributed by atoms with van der Waals surface area (Å²) in [5.74, 6) is -0.928. The summed E-state index contributed by atoms with van der Waals surface area (Å²) in [5, 5.41) is 9.45. The highest BCUT2D eigenvalue weighted by Crippen LogP contribution is 2.21. The van der Waals surface area contributed by atoms with Crippen molar-refractivity contribution in [2.45, 2.75) is 142 Å². The molecule has 0 fully saturated rings. The smallest absolute Gasteiger partial charge is 0.306 e. The van der Waals surface area contributed by atoms with Crippen LogP contribution in [0.3, 0.4) is 0 Å². The van der Waals surface area contributed by atoms with Crippen LogP contribution >= 0.6 is 0 Å². The van der Waals surface area contributed by atoms with Crippen molar-refractivity contribution in [1.29, 1.82) is 0 Å². The van der Waals surface area contributed by atoms with Gasteiger partial charge in [0.15, 0.2) is 0 Å². The molecule has 1 amide bonds. The van der Waals surface area contributed by atoms with Crippen molar-refractivity contribution < 1.29 is 14.7 Å². The van der Waals surface area contributed by atoms with Gasteiger partial charge in [0, 0.05) is 5.92 Å². The number of aliphatic carboxylic acids is 1. The van der Waals surface area contributed by atoms with Gasteiger partial charge in [-0.25, -0.2) is 0 Å². The molecule has 4 nitrogen and oxygen atoms in total. The van der Waals surface area contributed by atoms with Gasteiger partial charge in [-0.1, -0.05) is 117 Å². The predicted octanol–water partition coefficient (Wildman–Crippen LogP) is 7.63. The second-order valence-electron chi connectivity index (χ2n) is 9.24. The van der Waals surface area contributed by atoms with E-state index in [4.69, 9.17) is 5.73 Å². The maximum Gasteiger partial charge on any atom is 0.306 e. The first kappa shape index (κ1) is 28.9. The molecule has 178 valence electrons. The van der Waals surface area contributed by atoms with E-state index in [0.717, 1.165) is 70.6 Å². The SMILES string of the molecule is CCCCCCCCC(CCCCCCC(CCCCCCCC)C(=O)O)C(N)=O. The normalized spacial score (nSPS) is 13.3. The van der Waals surface area contributed by atoms with E-state index in [1.807, 2.05) is 0 Å². The van der Waals surface area contributed by atoms with Crippen molar-refractivity contribution in [1.82, 2.24) is 0 Å². The average Bonchev–Trinajstić information content (AvgIpc) is 2.71. The summed E-state index contributed by atoms with van der Waals surface area (Å²) in [7, 11) is 0. The molecule has 0 rings (SSSR count). The first-order valence-electron chi connectivity index (χ1n) is 13.0. The van der Waals surface area contributed by atoms with Crippen LogP contribution in [0.1, 0.15) is 142 Å². The minimum Gasteiger partial charge on any atom is -0.481 e. The zero-order valence-corrected chi connectivity index (χ0v) is 20.1. The molecule has 30 heavy (non-hydrogen) atoms. The number of amides is 1. The van der Waals surface area contributed by atoms with Crippen molar-refractivity contribution >= 4 is 11.9 Å². The minimum absolute atomic E-state index is 0.0238. The van der Waals surface area contributed by atoms with Crippen molar-refractivity contribution in [3.8, 4) is 0 Å². The van der Waals surface area contributed by atoms with E-state index < -0.39 is 5.97 Å². The Morgan fingerprint density at radius 1 is 0.567 bits per heavy atom. The standard InChI is InChI=1S/C26H51NO3/c1-3-5-7-9-11-15-19-23(25(27)28)20-16-13-14-18-22-24(26(29)30)21-17-12-10-8-6-4-2/h23-24H,3-22H2,1-2H3,(H2,27,28)(H,29,30). The van der Waals surface area contributed by atoms with Crippen molar-refractivity contribution in [3.05, 3.63) is 0 Å². The van der Waals surface area contributed by atoms with Gasteiger partial charge in [-0.3, -0.25) is 9.59 Å². The van der Waals surface area contributed by atoms with Gasteiger partial charge in [0.05, 0.1) is 5.92 Å². The highest BCUT2D eigenvalue weighted by molar-refractivity contribution is 5.76. The second-order valence-corrected chi connectivity index (χ2v) is 9.24. The predicted molar refractivity (Wildman–Crippen MR) is 127 cm³/mol. The summed E-state index contributed by atoms with van der Waals surface area (Å²) < 4.78 is 0. The van der Waals surface area contributed by atoms with Crippen molar-refractivity contribution in [2.24, 2.45) is 17.6 Å². The minimum atomic E-state index is -0.628. The van der Waals surface area contributed by atoms with Gasteiger partial charge in [-0.15, -0.1) is 0 Å². The number of nitrogens with two attached hydrogens (primary N) is 1. The molecule has 0 bridgehead atoms. The maximum atomic E-state index is 11.7. The molecule has 3 N–H and O–H groups in total. The topological polar surface area (TPSA) is 80.4 Å². The number of carboxylic acids is 1. The zero-order chi connectivity index (χ0) is 22.5. The lowest BCUT2D eigenvalue weighted by Gasteiger charge is -2.14. The molecule has 4 heteroatoms. The Kier molecular flexibility index (Phi) is 20.4. The van der Waals surface area contributed by atoms with Crippen molar-refractivity contribution in [2.75, 3.05) is 0 Å². The van der Waals surface area contributed by atoms with Crippen LogP contribution < -0.4 is 5.73 Å². The molecular weight excluding hydrogens is 374 g/mol. The van der Waals surface area contributed by atoms with E-state index in [2.05, 4.69) is 13.8 Å². The number of hydrogen-bond donors (Lipinski definition) is 2. The van der Waals surface area contributed by atoms with E-state index in [0.29, 0.717) is 0 Å². The van der Waals surface area contributed by atoms with Gasteiger partial charge >= 0.3 is 5.97 Å². The summed E-state index contributed by atoms with van der Waals surface area (Å²) >= 11 is 0. The number of carbonyl (C=O) groups is 2. The van der Waals surface area contributed by atoms with Gasteiger partial charge in [0.2, 0.25) is 5.91 Å². The van der Waals surface area contributed by atoms with Gasteiger partial charge in [-0.05, 0) is 25.7 Å². The number of primary amides is 1. The number of rotatable bonds is 23. The van der Waals surface area contributed by atoms with Gasteiger partial charge < -0.3 is 10.8 Å². The van der Waals surface area contributed by atoms with Crippen LogP contribution in [-0.2, 0) is 9.59 Å². The Morgan fingerprint density at radius 3 is 1.17 bits per heavy atom. The summed E-state index contributed by atoms with van der Waals surface area (Å²) in [5.41, 5.74) is 5.59. The van der Waals surface area contributed by atoms with Crippen LogP contribution in [0.25, 0.3) is 0 Å². The Morgan fingerprint density at radius 2 is 0.867 bits per heavy atom. The molecule has 0 aliphatic heterocycles. The maximum absolute atomic E-state index is 11.7. The molecule has 0 heterocycles. The zero-order valence-electron chi connectivity index (χ0n) is 20.1. The first-order valence-corrected chi connectivity index (χ1v) is 13.0. The van der Waals surface area contributed by atoms with E-state index in [9.17, 15) is 14.7 Å². The third-order valence-corrected chi connectivity index (χ3v) is 6.42. The van der Waals surface area contributed by atoms with E-state index >= 15 is 0 Å². The molecule has 0 radical (unpaired) electrons. The summed E-state index contributed by atoms with van der Waals surface area (Å²) in [6.45, 7) is 4.44. The fraction of sp³-hybridized carbons (Fsp3) is 0.923. The Labute approximate surface area is 186 Å². The second kappa shape index (κ2) is 21.2. The van der Waals surface area contributed by atoms with E-state index in [1.165, 1.54) is 57.8 Å². The Bertz CT molecular complexity index is 373. The Hall–Kier alpha value is -1.06. The Balaban J connectivity index is 3.81. The fourth-order valence-corrected chi connectivity index (χ4v) is 4.30. The van der Waals surface area contributed by atoms with Gasteiger partial charge in [0.1, 0.15) is 0 Å². The third kappa shape index (κ3) is 17.8. The molecule has 2 atom stereocenters. The molecule has 2 unspecified atom stereocenters. The number of unbranched alkanes of at least 4 members (excludes halogenated alkanes) is 13. The first-order chi connectivity index (χ1) is 14.5. The summed E-state index contributed by atoms with van der Waals surface area (Å²) in [4.78, 5) is 23.2. The number of carbonyl (C=O) groups excluding carboxylic acids is 1. The highest BCUT2D eigenvalue weighted by Gasteiger charge is 2.17. The van der Waals surface area contributed by atoms with Gasteiger partial charge in [0.25, 0.3) is 0 Å². The molecular formula is C26H51NO3.